The van der Waals surface area contributed by atoms with Gasteiger partial charge in [0.15, 0.2) is 0 Å². The van der Waals surface area contributed by atoms with E-state index < -0.39 is 10.8 Å². The van der Waals surface area contributed by atoms with Gasteiger partial charge in [0.25, 0.3) is 5.56 Å². The summed E-state index contributed by atoms with van der Waals surface area (Å²) < 4.78 is 12.9. The van der Waals surface area contributed by atoms with Crippen molar-refractivity contribution < 1.29 is 4.21 Å². The van der Waals surface area contributed by atoms with E-state index in [1.54, 1.807) is 18.2 Å². The van der Waals surface area contributed by atoms with Crippen LogP contribution in [0.15, 0.2) is 75.2 Å². The van der Waals surface area contributed by atoms with Crippen LogP contribution in [-0.4, -0.2) is 14.2 Å². The minimum absolute atomic E-state index is 0.0656. The molecule has 0 radical (unpaired) electrons. The van der Waals surface area contributed by atoms with E-state index in [0.29, 0.717) is 20.7 Å². The minimum Gasteiger partial charge on any atom is -0.369 e. The van der Waals surface area contributed by atoms with E-state index in [2.05, 4.69) is 9.97 Å². The van der Waals surface area contributed by atoms with Crippen molar-refractivity contribution in [2.24, 2.45) is 0 Å². The summed E-state index contributed by atoms with van der Waals surface area (Å²) in [6, 6.07) is 18.6. The Morgan fingerprint density at radius 3 is 2.46 bits per heavy atom. The Kier molecular flexibility index (Phi) is 3.39. The lowest BCUT2D eigenvalue weighted by Gasteiger charge is -2.06. The van der Waals surface area contributed by atoms with E-state index in [0.717, 1.165) is 10.8 Å². The van der Waals surface area contributed by atoms with Crippen LogP contribution in [0.3, 0.4) is 0 Å². The topological polar surface area (TPSA) is 88.8 Å². The van der Waals surface area contributed by atoms with Gasteiger partial charge in [0.1, 0.15) is 0 Å². The Morgan fingerprint density at radius 2 is 1.62 bits per heavy atom. The summed E-state index contributed by atoms with van der Waals surface area (Å²) in [4.78, 5) is 19.8. The van der Waals surface area contributed by atoms with Crippen molar-refractivity contribution in [1.29, 1.82) is 0 Å². The van der Waals surface area contributed by atoms with Gasteiger partial charge in [-0.1, -0.05) is 30.3 Å². The van der Waals surface area contributed by atoms with E-state index in [1.165, 1.54) is 0 Å². The highest BCUT2D eigenvalue weighted by Crippen LogP contribution is 2.23. The maximum absolute atomic E-state index is 12.9. The molecular formula is C18H13N3O2S. The summed E-state index contributed by atoms with van der Waals surface area (Å²) in [6.07, 6.45) is 0. The Balaban J connectivity index is 1.83. The van der Waals surface area contributed by atoms with Crippen LogP contribution in [0.1, 0.15) is 0 Å². The Hall–Kier alpha value is -2.99. The molecule has 0 aliphatic carbocycles. The second-order valence-corrected chi connectivity index (χ2v) is 6.89. The van der Waals surface area contributed by atoms with Gasteiger partial charge in [-0.05, 0) is 41.1 Å². The minimum atomic E-state index is -1.38. The van der Waals surface area contributed by atoms with Crippen LogP contribution in [-0.2, 0) is 10.8 Å². The number of rotatable bonds is 2. The average Bonchev–Trinajstić information content (AvgIpc) is 2.60. The van der Waals surface area contributed by atoms with Crippen LogP contribution in [0.2, 0.25) is 0 Å². The molecule has 3 N–H and O–H groups in total. The molecule has 118 valence electrons. The molecule has 1 atom stereocenters. The first kappa shape index (κ1) is 14.6. The van der Waals surface area contributed by atoms with Gasteiger partial charge in [-0.2, -0.15) is 0 Å². The van der Waals surface area contributed by atoms with Crippen LogP contribution in [0, 0.1) is 0 Å². The second-order valence-electron chi connectivity index (χ2n) is 5.41. The Labute approximate surface area is 139 Å². The lowest BCUT2D eigenvalue weighted by Crippen LogP contribution is -2.11. The molecule has 0 saturated carbocycles. The van der Waals surface area contributed by atoms with Gasteiger partial charge in [-0.15, -0.1) is 0 Å². The lowest BCUT2D eigenvalue weighted by atomic mass is 10.1. The summed E-state index contributed by atoms with van der Waals surface area (Å²) in [5.74, 6) is 0.0656. The van der Waals surface area contributed by atoms with Gasteiger partial charge in [-0.25, -0.2) is 9.19 Å². The molecule has 0 spiro atoms. The highest BCUT2D eigenvalue weighted by molar-refractivity contribution is 7.85. The van der Waals surface area contributed by atoms with Crippen molar-refractivity contribution >= 4 is 38.4 Å². The van der Waals surface area contributed by atoms with E-state index >= 15 is 0 Å². The molecule has 0 bridgehead atoms. The number of fused-ring (bicyclic) bond motifs is 2. The molecule has 0 unspecified atom stereocenters. The SMILES string of the molecule is Nc1nc2ccc([S@](=O)c3ccc4ccccc4c3)cc2c(=O)[nH]1. The molecule has 5 nitrogen and oxygen atoms in total. The molecule has 0 saturated heterocycles. The van der Waals surface area contributed by atoms with Crippen LogP contribution < -0.4 is 11.3 Å². The highest BCUT2D eigenvalue weighted by Gasteiger charge is 2.11. The quantitative estimate of drug-likeness (QED) is 0.589. The molecule has 0 fully saturated rings. The highest BCUT2D eigenvalue weighted by atomic mass is 32.2. The third-order valence-electron chi connectivity index (χ3n) is 3.84. The van der Waals surface area contributed by atoms with Gasteiger partial charge >= 0.3 is 0 Å². The Bertz CT molecular complexity index is 1170. The fourth-order valence-corrected chi connectivity index (χ4v) is 3.78. The molecular weight excluding hydrogens is 322 g/mol. The van der Waals surface area contributed by atoms with Crippen molar-refractivity contribution in [1.82, 2.24) is 9.97 Å². The number of benzene rings is 3. The third-order valence-corrected chi connectivity index (χ3v) is 5.21. The normalized spacial score (nSPS) is 12.5. The number of aromatic amines is 1. The van der Waals surface area contributed by atoms with Gasteiger partial charge < -0.3 is 5.73 Å². The smallest absolute Gasteiger partial charge is 0.260 e. The first-order valence-electron chi connectivity index (χ1n) is 7.32. The van der Waals surface area contributed by atoms with Gasteiger partial charge in [0.2, 0.25) is 5.95 Å². The molecule has 0 amide bonds. The van der Waals surface area contributed by atoms with Crippen molar-refractivity contribution in [3.8, 4) is 0 Å². The predicted octanol–water partition coefficient (Wildman–Crippen LogP) is 2.83. The summed E-state index contributed by atoms with van der Waals surface area (Å²) in [5.41, 5.74) is 5.68. The molecule has 6 heteroatoms. The molecule has 1 aromatic heterocycles. The van der Waals surface area contributed by atoms with E-state index in [-0.39, 0.29) is 11.5 Å². The number of nitrogens with two attached hydrogens (primary N) is 1. The van der Waals surface area contributed by atoms with Crippen LogP contribution in [0.5, 0.6) is 0 Å². The molecule has 0 aliphatic heterocycles. The summed E-state index contributed by atoms with van der Waals surface area (Å²) in [7, 11) is -1.38. The van der Waals surface area contributed by atoms with Gasteiger partial charge in [0.05, 0.1) is 21.7 Å². The Morgan fingerprint density at radius 1 is 0.917 bits per heavy atom. The molecule has 24 heavy (non-hydrogen) atoms. The maximum Gasteiger partial charge on any atom is 0.260 e. The number of nitrogens with one attached hydrogen (secondary N) is 1. The number of H-pyrrole nitrogens is 1. The zero-order valence-corrected chi connectivity index (χ0v) is 13.3. The largest absolute Gasteiger partial charge is 0.369 e. The van der Waals surface area contributed by atoms with Crippen molar-refractivity contribution in [3.63, 3.8) is 0 Å². The average molecular weight is 335 g/mol. The number of hydrogen-bond donors (Lipinski definition) is 2. The van der Waals surface area contributed by atoms with Crippen LogP contribution in [0.25, 0.3) is 21.7 Å². The molecule has 4 aromatic rings. The lowest BCUT2D eigenvalue weighted by molar-refractivity contribution is 0.683. The maximum atomic E-state index is 12.9. The first-order chi connectivity index (χ1) is 11.6. The molecule has 0 aliphatic rings. The zero-order valence-electron chi connectivity index (χ0n) is 12.5. The second kappa shape index (κ2) is 5.58. The number of hydrogen-bond acceptors (Lipinski definition) is 4. The number of nitrogen functional groups attached to an aromatic ring is 1. The summed E-state index contributed by atoms with van der Waals surface area (Å²) in [5, 5.41) is 2.49. The summed E-state index contributed by atoms with van der Waals surface area (Å²) in [6.45, 7) is 0. The fraction of sp³-hybridized carbons (Fsp3) is 0. The standard InChI is InChI=1S/C18H13N3O2S/c19-18-20-16-8-7-14(10-15(16)17(22)21-18)24(23)13-6-5-11-3-1-2-4-12(11)9-13/h1-10H,(H3,19,20,21,22)/t24-/m1/s1. The number of nitrogens with zero attached hydrogens (tertiary/aromatic N) is 1. The first-order valence-corrected chi connectivity index (χ1v) is 8.47. The van der Waals surface area contributed by atoms with E-state index in [4.69, 9.17) is 5.73 Å². The zero-order chi connectivity index (χ0) is 16.7. The van der Waals surface area contributed by atoms with E-state index in [1.807, 2.05) is 42.5 Å². The van der Waals surface area contributed by atoms with Crippen molar-refractivity contribution in [2.45, 2.75) is 9.79 Å². The summed E-state index contributed by atoms with van der Waals surface area (Å²) >= 11 is 0. The van der Waals surface area contributed by atoms with E-state index in [9.17, 15) is 9.00 Å². The molecule has 1 heterocycles. The monoisotopic (exact) mass is 335 g/mol. The van der Waals surface area contributed by atoms with Crippen LogP contribution in [0.4, 0.5) is 5.95 Å². The predicted molar refractivity (Wildman–Crippen MR) is 95.4 cm³/mol. The molecule has 4 rings (SSSR count). The third kappa shape index (κ3) is 2.47. The van der Waals surface area contributed by atoms with Gasteiger partial charge in [0, 0.05) is 9.79 Å². The number of aromatic nitrogens is 2. The fourth-order valence-electron chi connectivity index (χ4n) is 2.67. The van der Waals surface area contributed by atoms with Crippen molar-refractivity contribution in [3.05, 3.63) is 71.0 Å². The van der Waals surface area contributed by atoms with Crippen molar-refractivity contribution in [2.75, 3.05) is 5.73 Å². The van der Waals surface area contributed by atoms with Gasteiger partial charge in [-0.3, -0.25) is 9.78 Å². The van der Waals surface area contributed by atoms with Crippen LogP contribution >= 0.6 is 0 Å². The molecule has 3 aromatic carbocycles. The number of anilines is 1.